The number of hydrogen-bond donors (Lipinski definition) is 2. The minimum atomic E-state index is -0.305. The first-order chi connectivity index (χ1) is 12.0. The van der Waals surface area contributed by atoms with Gasteiger partial charge < -0.3 is 19.6 Å². The van der Waals surface area contributed by atoms with Crippen LogP contribution in [-0.4, -0.2) is 16.4 Å². The summed E-state index contributed by atoms with van der Waals surface area (Å²) < 4.78 is 7.66. The lowest BCUT2D eigenvalue weighted by molar-refractivity contribution is 0.0942. The predicted octanol–water partition coefficient (Wildman–Crippen LogP) is 3.56. The Labute approximate surface area is 153 Å². The number of nitrogens with zero attached hydrogens (tertiary/aromatic N) is 1. The molecule has 128 valence electrons. The average Bonchev–Trinajstić information content (AvgIpc) is 3.23. The van der Waals surface area contributed by atoms with Crippen LogP contribution in [-0.2, 0) is 13.6 Å². The van der Waals surface area contributed by atoms with Crippen molar-refractivity contribution in [2.24, 2.45) is 7.05 Å². The second-order valence-electron chi connectivity index (χ2n) is 5.47. The molecule has 6 nitrogen and oxygen atoms in total. The van der Waals surface area contributed by atoms with Crippen LogP contribution in [0.5, 0.6) is 0 Å². The Morgan fingerprint density at radius 2 is 1.92 bits per heavy atom. The van der Waals surface area contributed by atoms with Gasteiger partial charge in [-0.05, 0) is 51.8 Å². The second-order valence-corrected chi connectivity index (χ2v) is 6.38. The Bertz CT molecular complexity index is 883. The molecule has 2 N–H and O–H groups in total. The first-order valence-electron chi connectivity index (χ1n) is 7.57. The predicted molar refractivity (Wildman–Crippen MR) is 97.4 cm³/mol. The number of aryl methyl sites for hydroxylation is 1. The molecule has 0 atom stereocenters. The molecule has 0 bridgehead atoms. The van der Waals surface area contributed by atoms with Crippen LogP contribution in [0.2, 0.25) is 0 Å². The molecular formula is C18H16BrN3O3. The smallest absolute Gasteiger partial charge is 0.291 e. The molecule has 2 heterocycles. The molecule has 0 spiro atoms. The van der Waals surface area contributed by atoms with Crippen LogP contribution in [0.4, 0.5) is 5.69 Å². The maximum Gasteiger partial charge on any atom is 0.291 e. The Morgan fingerprint density at radius 3 is 2.52 bits per heavy atom. The van der Waals surface area contributed by atoms with Gasteiger partial charge in [-0.3, -0.25) is 9.59 Å². The number of nitrogens with one attached hydrogen (secondary N) is 2. The SMILES string of the molecule is Cn1cc(Br)cc1C(=O)NCc1ccc(NC(=O)c2ccco2)cc1. The van der Waals surface area contributed by atoms with E-state index < -0.39 is 0 Å². The lowest BCUT2D eigenvalue weighted by Gasteiger charge is -2.08. The summed E-state index contributed by atoms with van der Waals surface area (Å²) in [5.41, 5.74) is 2.16. The van der Waals surface area contributed by atoms with Gasteiger partial charge in [0.1, 0.15) is 5.69 Å². The molecule has 7 heteroatoms. The topological polar surface area (TPSA) is 76.3 Å². The van der Waals surface area contributed by atoms with Crippen molar-refractivity contribution in [2.75, 3.05) is 5.32 Å². The molecule has 0 radical (unpaired) electrons. The Morgan fingerprint density at radius 1 is 1.16 bits per heavy atom. The van der Waals surface area contributed by atoms with Crippen molar-refractivity contribution in [3.05, 3.63) is 76.4 Å². The van der Waals surface area contributed by atoms with Gasteiger partial charge in [0.2, 0.25) is 0 Å². The first kappa shape index (κ1) is 17.0. The lowest BCUT2D eigenvalue weighted by Crippen LogP contribution is -2.24. The molecule has 0 aliphatic carbocycles. The van der Waals surface area contributed by atoms with Crippen molar-refractivity contribution in [1.29, 1.82) is 0 Å². The number of anilines is 1. The third kappa shape index (κ3) is 4.19. The monoisotopic (exact) mass is 401 g/mol. The number of halogens is 1. The summed E-state index contributed by atoms with van der Waals surface area (Å²) in [5.74, 6) is -0.200. The molecule has 25 heavy (non-hydrogen) atoms. The van der Waals surface area contributed by atoms with E-state index in [-0.39, 0.29) is 17.6 Å². The highest BCUT2D eigenvalue weighted by Gasteiger charge is 2.11. The van der Waals surface area contributed by atoms with Crippen LogP contribution < -0.4 is 10.6 Å². The van der Waals surface area contributed by atoms with Crippen molar-refractivity contribution in [1.82, 2.24) is 9.88 Å². The zero-order chi connectivity index (χ0) is 17.8. The summed E-state index contributed by atoms with van der Waals surface area (Å²) in [6.07, 6.45) is 3.28. The van der Waals surface area contributed by atoms with Gasteiger partial charge in [0, 0.05) is 29.9 Å². The van der Waals surface area contributed by atoms with E-state index in [0.717, 1.165) is 10.0 Å². The first-order valence-corrected chi connectivity index (χ1v) is 8.36. The van der Waals surface area contributed by atoms with Crippen LogP contribution in [0.1, 0.15) is 26.6 Å². The van der Waals surface area contributed by atoms with E-state index in [1.54, 1.807) is 34.9 Å². The summed E-state index contributed by atoms with van der Waals surface area (Å²) >= 11 is 3.35. The van der Waals surface area contributed by atoms with E-state index in [1.165, 1.54) is 6.26 Å². The molecule has 0 saturated carbocycles. The number of rotatable bonds is 5. The van der Waals surface area contributed by atoms with E-state index in [4.69, 9.17) is 4.42 Å². The van der Waals surface area contributed by atoms with Gasteiger partial charge in [0.15, 0.2) is 5.76 Å². The van der Waals surface area contributed by atoms with Crippen molar-refractivity contribution >= 4 is 33.4 Å². The number of hydrogen-bond acceptors (Lipinski definition) is 3. The van der Waals surface area contributed by atoms with E-state index in [9.17, 15) is 9.59 Å². The van der Waals surface area contributed by atoms with Crippen LogP contribution >= 0.6 is 15.9 Å². The molecule has 0 aliphatic rings. The highest BCUT2D eigenvalue weighted by molar-refractivity contribution is 9.10. The van der Waals surface area contributed by atoms with Crippen molar-refractivity contribution in [3.8, 4) is 0 Å². The van der Waals surface area contributed by atoms with Gasteiger partial charge in [0.25, 0.3) is 11.8 Å². The largest absolute Gasteiger partial charge is 0.459 e. The molecule has 2 aromatic heterocycles. The van der Waals surface area contributed by atoms with Crippen LogP contribution in [0.25, 0.3) is 0 Å². The molecule has 0 saturated heterocycles. The van der Waals surface area contributed by atoms with E-state index in [1.807, 2.05) is 25.4 Å². The summed E-state index contributed by atoms with van der Waals surface area (Å²) in [6.45, 7) is 0.397. The summed E-state index contributed by atoms with van der Waals surface area (Å²) in [4.78, 5) is 24.1. The quantitative estimate of drug-likeness (QED) is 0.685. The highest BCUT2D eigenvalue weighted by atomic mass is 79.9. The van der Waals surface area contributed by atoms with Gasteiger partial charge in [-0.25, -0.2) is 0 Å². The Kier molecular flexibility index (Phi) is 5.04. The third-order valence-corrected chi connectivity index (χ3v) is 4.05. The van der Waals surface area contributed by atoms with Gasteiger partial charge in [-0.15, -0.1) is 0 Å². The van der Waals surface area contributed by atoms with E-state index in [0.29, 0.717) is 17.9 Å². The minimum absolute atomic E-state index is 0.150. The van der Waals surface area contributed by atoms with Crippen LogP contribution in [0, 0.1) is 0 Å². The maximum absolute atomic E-state index is 12.2. The standard InChI is InChI=1S/C18H16BrN3O3/c1-22-11-13(19)9-15(22)17(23)20-10-12-4-6-14(7-5-12)21-18(24)16-3-2-8-25-16/h2-9,11H,10H2,1H3,(H,20,23)(H,21,24). The number of furan rings is 1. The lowest BCUT2D eigenvalue weighted by atomic mass is 10.2. The molecule has 1 aromatic carbocycles. The number of carbonyl (C=O) groups is 2. The molecule has 3 rings (SSSR count). The number of amides is 2. The van der Waals surface area contributed by atoms with E-state index in [2.05, 4.69) is 26.6 Å². The van der Waals surface area contributed by atoms with Gasteiger partial charge in [-0.2, -0.15) is 0 Å². The van der Waals surface area contributed by atoms with Gasteiger partial charge in [-0.1, -0.05) is 12.1 Å². The normalized spacial score (nSPS) is 10.5. The highest BCUT2D eigenvalue weighted by Crippen LogP contribution is 2.14. The van der Waals surface area contributed by atoms with E-state index >= 15 is 0 Å². The van der Waals surface area contributed by atoms with Crippen molar-refractivity contribution in [3.63, 3.8) is 0 Å². The van der Waals surface area contributed by atoms with Crippen LogP contribution in [0.15, 0.2) is 63.8 Å². The fourth-order valence-electron chi connectivity index (χ4n) is 2.33. The van der Waals surface area contributed by atoms with Crippen molar-refractivity contribution in [2.45, 2.75) is 6.54 Å². The molecule has 2 amide bonds. The Balaban J connectivity index is 1.56. The minimum Gasteiger partial charge on any atom is -0.459 e. The molecule has 0 aliphatic heterocycles. The summed E-state index contributed by atoms with van der Waals surface area (Å²) in [6, 6.07) is 12.3. The fraction of sp³-hybridized carbons (Fsp3) is 0.111. The second kappa shape index (κ2) is 7.40. The maximum atomic E-state index is 12.2. The van der Waals surface area contributed by atoms with Gasteiger partial charge in [0.05, 0.1) is 6.26 Å². The number of benzene rings is 1. The third-order valence-electron chi connectivity index (χ3n) is 3.61. The summed E-state index contributed by atoms with van der Waals surface area (Å²) in [5, 5.41) is 5.61. The van der Waals surface area contributed by atoms with Crippen LogP contribution in [0.3, 0.4) is 0 Å². The molecule has 3 aromatic rings. The Hall–Kier alpha value is -2.80. The number of carbonyl (C=O) groups excluding carboxylic acids is 2. The zero-order valence-corrected chi connectivity index (χ0v) is 15.0. The van der Waals surface area contributed by atoms with Crippen molar-refractivity contribution < 1.29 is 14.0 Å². The number of aromatic nitrogens is 1. The van der Waals surface area contributed by atoms with Gasteiger partial charge >= 0.3 is 0 Å². The zero-order valence-electron chi connectivity index (χ0n) is 13.5. The molecule has 0 unspecified atom stereocenters. The molecular weight excluding hydrogens is 386 g/mol. The molecule has 0 fully saturated rings. The average molecular weight is 402 g/mol. The fourth-order valence-corrected chi connectivity index (χ4v) is 2.85. The summed E-state index contributed by atoms with van der Waals surface area (Å²) in [7, 11) is 1.82.